The molecule has 1 aromatic heterocycles. The highest BCUT2D eigenvalue weighted by molar-refractivity contribution is 5.14. The summed E-state index contributed by atoms with van der Waals surface area (Å²) in [6.45, 7) is 6.17. The Hall–Kier alpha value is -0.870. The normalized spacial score (nSPS) is 20.6. The van der Waals surface area contributed by atoms with E-state index in [9.17, 15) is 0 Å². The van der Waals surface area contributed by atoms with Crippen LogP contribution in [0.15, 0.2) is 12.3 Å². The maximum atomic E-state index is 6.09. The van der Waals surface area contributed by atoms with Gasteiger partial charge in [-0.15, -0.1) is 0 Å². The van der Waals surface area contributed by atoms with Crippen molar-refractivity contribution in [2.45, 2.75) is 70.6 Å². The molecule has 0 aromatic carbocycles. The first kappa shape index (κ1) is 15.5. The molecule has 0 amide bonds. The highest BCUT2D eigenvalue weighted by Gasteiger charge is 2.41. The zero-order valence-electron chi connectivity index (χ0n) is 13.2. The molecular weight excluding hydrogens is 250 g/mol. The number of likely N-dealkylation sites (N-methyl/N-ethyl adjacent to an activating group) is 1. The van der Waals surface area contributed by atoms with Crippen molar-refractivity contribution in [2.75, 3.05) is 13.7 Å². The maximum Gasteiger partial charge on any atom is 0.0887 e. The molecule has 4 nitrogen and oxygen atoms in total. The van der Waals surface area contributed by atoms with Crippen LogP contribution in [-0.4, -0.2) is 29.0 Å². The number of nitrogens with zero attached hydrogens (tertiary/aromatic N) is 2. The first-order valence-corrected chi connectivity index (χ1v) is 8.07. The minimum atomic E-state index is -0.0839. The minimum Gasteiger partial charge on any atom is -0.376 e. The van der Waals surface area contributed by atoms with Gasteiger partial charge in [0.1, 0.15) is 0 Å². The lowest BCUT2D eigenvalue weighted by molar-refractivity contribution is -0.0557. The van der Waals surface area contributed by atoms with E-state index in [0.717, 1.165) is 25.9 Å². The van der Waals surface area contributed by atoms with Crippen LogP contribution in [0.4, 0.5) is 0 Å². The van der Waals surface area contributed by atoms with E-state index in [4.69, 9.17) is 4.74 Å². The first-order valence-electron chi connectivity index (χ1n) is 8.07. The second-order valence-electron chi connectivity index (χ2n) is 5.75. The lowest BCUT2D eigenvalue weighted by Crippen LogP contribution is -2.46. The molecule has 0 radical (unpaired) electrons. The summed E-state index contributed by atoms with van der Waals surface area (Å²) in [6.07, 6.45) is 9.36. The predicted octanol–water partition coefficient (Wildman–Crippen LogP) is 3.29. The van der Waals surface area contributed by atoms with Crippen LogP contribution in [0, 0.1) is 0 Å². The fourth-order valence-corrected chi connectivity index (χ4v) is 3.55. The van der Waals surface area contributed by atoms with E-state index in [1.54, 1.807) is 0 Å². The van der Waals surface area contributed by atoms with E-state index in [-0.39, 0.29) is 11.6 Å². The van der Waals surface area contributed by atoms with E-state index >= 15 is 0 Å². The second kappa shape index (κ2) is 7.23. The van der Waals surface area contributed by atoms with Crippen LogP contribution in [0.25, 0.3) is 0 Å². The van der Waals surface area contributed by atoms with Crippen molar-refractivity contribution >= 4 is 0 Å². The molecule has 1 atom stereocenters. The molecule has 0 aliphatic heterocycles. The van der Waals surface area contributed by atoms with E-state index in [2.05, 4.69) is 35.0 Å². The Balaban J connectivity index is 2.33. The Morgan fingerprint density at radius 1 is 1.30 bits per heavy atom. The van der Waals surface area contributed by atoms with Crippen LogP contribution in [0.5, 0.6) is 0 Å². The van der Waals surface area contributed by atoms with Crippen LogP contribution in [-0.2, 0) is 11.3 Å². The van der Waals surface area contributed by atoms with Gasteiger partial charge >= 0.3 is 0 Å². The Bertz CT molecular complexity index is 394. The van der Waals surface area contributed by atoms with Gasteiger partial charge in [0.25, 0.3) is 0 Å². The van der Waals surface area contributed by atoms with Crippen molar-refractivity contribution in [3.8, 4) is 0 Å². The zero-order valence-corrected chi connectivity index (χ0v) is 13.2. The van der Waals surface area contributed by atoms with Crippen molar-refractivity contribution < 1.29 is 4.74 Å². The number of aryl methyl sites for hydroxylation is 1. The Kier molecular flexibility index (Phi) is 5.61. The molecule has 1 fully saturated rings. The van der Waals surface area contributed by atoms with Crippen LogP contribution in [0.3, 0.4) is 0 Å². The predicted molar refractivity (Wildman–Crippen MR) is 81.8 cm³/mol. The highest BCUT2D eigenvalue weighted by Crippen LogP contribution is 2.40. The molecule has 1 N–H and O–H groups in total. The van der Waals surface area contributed by atoms with Crippen molar-refractivity contribution in [2.24, 2.45) is 0 Å². The average Bonchev–Trinajstić information content (AvgIpc) is 2.81. The second-order valence-corrected chi connectivity index (χ2v) is 5.75. The fourth-order valence-electron chi connectivity index (χ4n) is 3.55. The molecule has 1 heterocycles. The number of ether oxygens (including phenoxy) is 1. The molecule has 0 spiro atoms. The smallest absolute Gasteiger partial charge is 0.0887 e. The molecule has 114 valence electrons. The fraction of sp³-hybridized carbons (Fsp3) is 0.812. The Labute approximate surface area is 122 Å². The molecule has 1 aromatic rings. The third-order valence-electron chi connectivity index (χ3n) is 4.64. The lowest BCUT2D eigenvalue weighted by atomic mass is 9.84. The van der Waals surface area contributed by atoms with Crippen LogP contribution in [0.1, 0.15) is 64.1 Å². The van der Waals surface area contributed by atoms with Gasteiger partial charge in [-0.3, -0.25) is 4.68 Å². The van der Waals surface area contributed by atoms with Gasteiger partial charge in [-0.25, -0.2) is 0 Å². The third kappa shape index (κ3) is 3.07. The topological polar surface area (TPSA) is 39.1 Å². The largest absolute Gasteiger partial charge is 0.376 e. The lowest BCUT2D eigenvalue weighted by Gasteiger charge is -2.40. The number of nitrogens with one attached hydrogen (secondary N) is 1. The summed E-state index contributed by atoms with van der Waals surface area (Å²) < 4.78 is 8.19. The molecule has 4 heteroatoms. The van der Waals surface area contributed by atoms with Crippen molar-refractivity contribution in [3.63, 3.8) is 0 Å². The number of hydrogen-bond acceptors (Lipinski definition) is 3. The monoisotopic (exact) mass is 279 g/mol. The van der Waals surface area contributed by atoms with Gasteiger partial charge < -0.3 is 10.1 Å². The number of hydrogen-bond donors (Lipinski definition) is 1. The van der Waals surface area contributed by atoms with Crippen molar-refractivity contribution in [1.29, 1.82) is 0 Å². The van der Waals surface area contributed by atoms with E-state index in [1.807, 2.05) is 13.3 Å². The first-order chi connectivity index (χ1) is 9.77. The summed E-state index contributed by atoms with van der Waals surface area (Å²) in [7, 11) is 1.88. The standard InChI is InChI=1S/C16H29N3O/c1-4-17-15(14-10-13-18-19(14)5-2)16(20-3)11-8-6-7-9-12-16/h10,13,15,17H,4-9,11-12H2,1-3H3. The van der Waals surface area contributed by atoms with Crippen molar-refractivity contribution in [1.82, 2.24) is 15.1 Å². The number of methoxy groups -OCH3 is 1. The highest BCUT2D eigenvalue weighted by atomic mass is 16.5. The number of aromatic nitrogens is 2. The minimum absolute atomic E-state index is 0.0839. The molecule has 20 heavy (non-hydrogen) atoms. The molecule has 1 saturated carbocycles. The Morgan fingerprint density at radius 2 is 2.00 bits per heavy atom. The molecule has 2 rings (SSSR count). The van der Waals surface area contributed by atoms with E-state index in [1.165, 1.54) is 31.4 Å². The van der Waals surface area contributed by atoms with Gasteiger partial charge in [0.05, 0.1) is 17.3 Å². The summed E-state index contributed by atoms with van der Waals surface area (Å²) in [5, 5.41) is 8.11. The van der Waals surface area contributed by atoms with E-state index in [0.29, 0.717) is 0 Å². The van der Waals surface area contributed by atoms with Gasteiger partial charge in [-0.05, 0) is 32.4 Å². The van der Waals surface area contributed by atoms with Gasteiger partial charge in [0, 0.05) is 19.9 Å². The summed E-state index contributed by atoms with van der Waals surface area (Å²) in [4.78, 5) is 0. The molecule has 1 unspecified atom stereocenters. The zero-order chi connectivity index (χ0) is 14.4. The van der Waals surface area contributed by atoms with Crippen LogP contribution < -0.4 is 5.32 Å². The summed E-state index contributed by atoms with van der Waals surface area (Å²) in [5.74, 6) is 0. The van der Waals surface area contributed by atoms with Gasteiger partial charge in [-0.2, -0.15) is 5.10 Å². The molecule has 0 bridgehead atoms. The van der Waals surface area contributed by atoms with Crippen molar-refractivity contribution in [3.05, 3.63) is 18.0 Å². The molecule has 1 aliphatic rings. The SMILES string of the molecule is CCNC(c1ccnn1CC)C1(OC)CCCCCC1. The quantitative estimate of drug-likeness (QED) is 0.812. The Morgan fingerprint density at radius 3 is 2.55 bits per heavy atom. The van der Waals surface area contributed by atoms with E-state index < -0.39 is 0 Å². The third-order valence-corrected chi connectivity index (χ3v) is 4.64. The maximum absolute atomic E-state index is 6.09. The van der Waals surface area contributed by atoms with Gasteiger partial charge in [-0.1, -0.05) is 32.6 Å². The van der Waals surface area contributed by atoms with Crippen LogP contribution >= 0.6 is 0 Å². The number of rotatable bonds is 6. The van der Waals surface area contributed by atoms with Crippen LogP contribution in [0.2, 0.25) is 0 Å². The summed E-state index contributed by atoms with van der Waals surface area (Å²) in [5.41, 5.74) is 1.18. The summed E-state index contributed by atoms with van der Waals surface area (Å²) >= 11 is 0. The summed E-state index contributed by atoms with van der Waals surface area (Å²) in [6, 6.07) is 2.38. The van der Waals surface area contributed by atoms with Gasteiger partial charge in [0.2, 0.25) is 0 Å². The average molecular weight is 279 g/mol. The molecule has 0 saturated heterocycles. The molecular formula is C16H29N3O. The molecule has 1 aliphatic carbocycles. The van der Waals surface area contributed by atoms with Gasteiger partial charge in [0.15, 0.2) is 0 Å².